The van der Waals surface area contributed by atoms with Crippen LogP contribution in [-0.2, 0) is 9.59 Å². The molecule has 1 N–H and O–H groups in total. The van der Waals surface area contributed by atoms with E-state index in [2.05, 4.69) is 19.2 Å². The van der Waals surface area contributed by atoms with Crippen LogP contribution >= 0.6 is 11.3 Å². The van der Waals surface area contributed by atoms with Gasteiger partial charge < -0.3 is 15.1 Å². The largest absolute Gasteiger partial charge is 0.340 e. The first kappa shape index (κ1) is 26.6. The van der Waals surface area contributed by atoms with E-state index < -0.39 is 6.04 Å². The number of hydrogen-bond acceptors (Lipinski definition) is 5. The van der Waals surface area contributed by atoms with Gasteiger partial charge in [0.25, 0.3) is 11.8 Å². The zero-order chi connectivity index (χ0) is 25.4. The summed E-state index contributed by atoms with van der Waals surface area (Å²) in [6, 6.07) is 9.97. The molecule has 3 atom stereocenters. The molecule has 35 heavy (non-hydrogen) atoms. The minimum absolute atomic E-state index is 0.0425. The van der Waals surface area contributed by atoms with Crippen molar-refractivity contribution in [2.75, 3.05) is 26.2 Å². The van der Waals surface area contributed by atoms with E-state index in [-0.39, 0.29) is 48.4 Å². The summed E-state index contributed by atoms with van der Waals surface area (Å²) in [4.78, 5) is 55.5. The number of rotatable bonds is 7. The van der Waals surface area contributed by atoms with Gasteiger partial charge in [-0.3, -0.25) is 19.2 Å². The van der Waals surface area contributed by atoms with Crippen molar-refractivity contribution in [2.24, 2.45) is 11.8 Å². The topological polar surface area (TPSA) is 86.8 Å². The van der Waals surface area contributed by atoms with Crippen LogP contribution in [0.1, 0.15) is 60.7 Å². The lowest BCUT2D eigenvalue weighted by atomic mass is 9.97. The van der Waals surface area contributed by atoms with Gasteiger partial charge in [0.15, 0.2) is 5.78 Å². The van der Waals surface area contributed by atoms with E-state index in [9.17, 15) is 19.2 Å². The van der Waals surface area contributed by atoms with Gasteiger partial charge in [-0.05, 0) is 48.3 Å². The lowest BCUT2D eigenvalue weighted by molar-refractivity contribution is -0.137. The third kappa shape index (κ3) is 7.49. The van der Waals surface area contributed by atoms with Crippen LogP contribution in [0.3, 0.4) is 0 Å². The molecule has 0 aliphatic carbocycles. The number of hydrogen-bond donors (Lipinski definition) is 1. The number of nitrogens with one attached hydrogen (secondary N) is 1. The van der Waals surface area contributed by atoms with Crippen molar-refractivity contribution >= 4 is 34.8 Å². The van der Waals surface area contributed by atoms with E-state index in [1.54, 1.807) is 45.5 Å². The summed E-state index contributed by atoms with van der Waals surface area (Å²) in [6.07, 6.45) is 2.04. The number of carbonyl (C=O) groups excluding carboxylic acids is 4. The Labute approximate surface area is 211 Å². The van der Waals surface area contributed by atoms with E-state index in [0.29, 0.717) is 37.1 Å². The van der Waals surface area contributed by atoms with E-state index in [4.69, 9.17) is 0 Å². The number of benzene rings is 1. The molecule has 188 valence electrons. The Hall–Kier alpha value is -3.00. The molecule has 2 heterocycles. The first-order chi connectivity index (χ1) is 16.8. The molecular formula is C27H35N3O4S. The summed E-state index contributed by atoms with van der Waals surface area (Å²) in [5.74, 6) is -0.546. The maximum atomic E-state index is 13.6. The Morgan fingerprint density at radius 1 is 1.09 bits per heavy atom. The van der Waals surface area contributed by atoms with E-state index in [1.807, 2.05) is 18.4 Å². The Bertz CT molecular complexity index is 1010. The third-order valence-corrected chi connectivity index (χ3v) is 7.18. The molecule has 1 aliphatic rings. The van der Waals surface area contributed by atoms with Crippen LogP contribution in [0, 0.1) is 11.8 Å². The fraction of sp³-hybridized carbons (Fsp3) is 0.481. The minimum atomic E-state index is -0.705. The van der Waals surface area contributed by atoms with Crippen molar-refractivity contribution in [2.45, 2.75) is 46.1 Å². The highest BCUT2D eigenvalue weighted by Crippen LogP contribution is 2.17. The van der Waals surface area contributed by atoms with Crippen molar-refractivity contribution in [3.8, 4) is 0 Å². The molecule has 1 aliphatic heterocycles. The standard InChI is InChI=1S/C27H35N3O4S/c1-4-19(2)14-24(28-25(32)22-11-13-35-18-22)27(34)29-12-10-20(3)15-30(17-23(31)16-29)26(33)21-8-6-5-7-9-21/h5-9,11,13,18-20,24H,4,10,12,14-17H2,1-3H3,(H,28,32)/t19?,20-,24-/m0/s1. The SMILES string of the molecule is CCC(C)C[C@H](NC(=O)c1ccsc1)C(=O)N1CC[C@H](C)CN(C(=O)c2ccccc2)CC(=O)C1. The Kier molecular flexibility index (Phi) is 9.60. The third-order valence-electron chi connectivity index (χ3n) is 6.50. The molecule has 1 unspecified atom stereocenters. The van der Waals surface area contributed by atoms with Gasteiger partial charge in [-0.2, -0.15) is 11.3 Å². The predicted molar refractivity (Wildman–Crippen MR) is 137 cm³/mol. The van der Waals surface area contributed by atoms with Gasteiger partial charge in [0.1, 0.15) is 6.04 Å². The quantitative estimate of drug-likeness (QED) is 0.629. The highest BCUT2D eigenvalue weighted by Gasteiger charge is 2.31. The van der Waals surface area contributed by atoms with Gasteiger partial charge in [-0.1, -0.05) is 45.4 Å². The first-order valence-corrected chi connectivity index (χ1v) is 13.2. The molecular weight excluding hydrogens is 462 g/mol. The van der Waals surface area contributed by atoms with Crippen LogP contribution in [0.4, 0.5) is 0 Å². The number of amides is 3. The highest BCUT2D eigenvalue weighted by molar-refractivity contribution is 7.08. The molecule has 0 spiro atoms. The number of ketones is 1. The van der Waals surface area contributed by atoms with Crippen molar-refractivity contribution in [1.29, 1.82) is 0 Å². The second kappa shape index (κ2) is 12.6. The molecule has 1 aromatic heterocycles. The lowest BCUT2D eigenvalue weighted by Gasteiger charge is -2.29. The van der Waals surface area contributed by atoms with Crippen LogP contribution in [0.25, 0.3) is 0 Å². The molecule has 1 saturated heterocycles. The lowest BCUT2D eigenvalue weighted by Crippen LogP contribution is -2.51. The zero-order valence-electron chi connectivity index (χ0n) is 20.7. The summed E-state index contributed by atoms with van der Waals surface area (Å²) in [6.45, 7) is 6.87. The number of Topliss-reactive ketones (excluding diaryl/α,β-unsaturated/α-hetero) is 1. The molecule has 3 rings (SSSR count). The van der Waals surface area contributed by atoms with Crippen molar-refractivity contribution in [1.82, 2.24) is 15.1 Å². The Morgan fingerprint density at radius 3 is 2.46 bits per heavy atom. The van der Waals surface area contributed by atoms with Crippen LogP contribution in [0.15, 0.2) is 47.2 Å². The fourth-order valence-electron chi connectivity index (χ4n) is 4.22. The average molecular weight is 498 g/mol. The van der Waals surface area contributed by atoms with Gasteiger partial charge in [0.2, 0.25) is 5.91 Å². The maximum Gasteiger partial charge on any atom is 0.254 e. The maximum absolute atomic E-state index is 13.6. The normalized spacial score (nSPS) is 18.7. The number of thiophene rings is 1. The van der Waals surface area contributed by atoms with Gasteiger partial charge in [0, 0.05) is 24.0 Å². The smallest absolute Gasteiger partial charge is 0.254 e. The van der Waals surface area contributed by atoms with Crippen molar-refractivity contribution in [3.05, 3.63) is 58.3 Å². The molecule has 2 aromatic rings. The number of carbonyl (C=O) groups is 4. The summed E-state index contributed by atoms with van der Waals surface area (Å²) >= 11 is 1.43. The summed E-state index contributed by atoms with van der Waals surface area (Å²) in [5, 5.41) is 6.49. The fourth-order valence-corrected chi connectivity index (χ4v) is 4.85. The van der Waals surface area contributed by atoms with Gasteiger partial charge in [0.05, 0.1) is 18.7 Å². The predicted octanol–water partition coefficient (Wildman–Crippen LogP) is 3.86. The molecule has 0 bridgehead atoms. The monoisotopic (exact) mass is 497 g/mol. The Balaban J connectivity index is 1.75. The molecule has 0 radical (unpaired) electrons. The zero-order valence-corrected chi connectivity index (χ0v) is 21.6. The van der Waals surface area contributed by atoms with Crippen molar-refractivity contribution < 1.29 is 19.2 Å². The molecule has 1 aromatic carbocycles. The summed E-state index contributed by atoms with van der Waals surface area (Å²) in [5.41, 5.74) is 1.07. The molecule has 1 fully saturated rings. The Morgan fingerprint density at radius 2 is 1.80 bits per heavy atom. The van der Waals surface area contributed by atoms with Crippen LogP contribution in [0.5, 0.6) is 0 Å². The van der Waals surface area contributed by atoms with Crippen molar-refractivity contribution in [3.63, 3.8) is 0 Å². The first-order valence-electron chi connectivity index (χ1n) is 12.3. The van der Waals surface area contributed by atoms with E-state index in [1.165, 1.54) is 11.3 Å². The van der Waals surface area contributed by atoms with Crippen LogP contribution in [-0.4, -0.2) is 65.5 Å². The van der Waals surface area contributed by atoms with Crippen LogP contribution < -0.4 is 5.32 Å². The highest BCUT2D eigenvalue weighted by atomic mass is 32.1. The molecule has 8 heteroatoms. The summed E-state index contributed by atoms with van der Waals surface area (Å²) in [7, 11) is 0. The van der Waals surface area contributed by atoms with E-state index >= 15 is 0 Å². The number of nitrogens with zero attached hydrogens (tertiary/aromatic N) is 2. The second-order valence-electron chi connectivity index (χ2n) is 9.53. The molecule has 3 amide bonds. The second-order valence-corrected chi connectivity index (χ2v) is 10.3. The average Bonchev–Trinajstić information content (AvgIpc) is 3.41. The van der Waals surface area contributed by atoms with Gasteiger partial charge >= 0.3 is 0 Å². The minimum Gasteiger partial charge on any atom is -0.340 e. The van der Waals surface area contributed by atoms with Gasteiger partial charge in [-0.15, -0.1) is 0 Å². The van der Waals surface area contributed by atoms with E-state index in [0.717, 1.165) is 6.42 Å². The molecule has 0 saturated carbocycles. The summed E-state index contributed by atoms with van der Waals surface area (Å²) < 4.78 is 0. The van der Waals surface area contributed by atoms with Gasteiger partial charge in [-0.25, -0.2) is 0 Å². The van der Waals surface area contributed by atoms with Crippen LogP contribution in [0.2, 0.25) is 0 Å². The molecule has 7 nitrogen and oxygen atoms in total.